The number of fused-ring (bicyclic) bond motifs is 1. The van der Waals surface area contributed by atoms with Gasteiger partial charge in [0.2, 0.25) is 17.5 Å². The molecule has 3 saturated heterocycles. The number of ether oxygens (including phenoxy) is 4. The maximum Gasteiger partial charge on any atom is 0.410 e. The molecule has 18 nitrogen and oxygen atoms in total. The summed E-state index contributed by atoms with van der Waals surface area (Å²) in [5.41, 5.74) is 4.43. The monoisotopic (exact) mass is 816 g/mol. The molecule has 4 atom stereocenters. The van der Waals surface area contributed by atoms with Crippen LogP contribution in [-0.4, -0.2) is 123 Å². The van der Waals surface area contributed by atoms with Gasteiger partial charge in [-0.05, 0) is 81.7 Å². The Morgan fingerprint density at radius 3 is 2.59 bits per heavy atom. The third-order valence-electron chi connectivity index (χ3n) is 12.2. The molecular formula is C41H56N10O8. The fourth-order valence-electron chi connectivity index (χ4n) is 8.81. The van der Waals surface area contributed by atoms with Gasteiger partial charge in [0.15, 0.2) is 5.82 Å². The van der Waals surface area contributed by atoms with Crippen molar-refractivity contribution in [2.24, 2.45) is 14.1 Å². The number of aromatic nitrogens is 6. The number of imide groups is 1. The highest BCUT2D eigenvalue weighted by Gasteiger charge is 2.50. The number of epoxide rings is 1. The Balaban J connectivity index is 0.689. The van der Waals surface area contributed by atoms with Crippen molar-refractivity contribution in [3.8, 4) is 0 Å². The Labute approximate surface area is 342 Å². The van der Waals surface area contributed by atoms with Crippen LogP contribution in [-0.2, 0) is 61.4 Å². The number of hydrogen-bond donors (Lipinski definition) is 3. The maximum atomic E-state index is 13.1. The van der Waals surface area contributed by atoms with E-state index in [1.165, 1.54) is 4.57 Å². The number of amides is 3. The minimum atomic E-state index is -0.686. The van der Waals surface area contributed by atoms with Gasteiger partial charge in [0.05, 0.1) is 29.0 Å². The largest absolute Gasteiger partial charge is 0.446 e. The molecule has 3 amide bonds. The fraction of sp³-hybridized carbons (Fsp3) is 0.610. The van der Waals surface area contributed by atoms with Gasteiger partial charge in [-0.1, -0.05) is 6.07 Å². The Morgan fingerprint density at radius 2 is 1.81 bits per heavy atom. The van der Waals surface area contributed by atoms with Gasteiger partial charge in [-0.25, -0.2) is 9.59 Å². The summed E-state index contributed by atoms with van der Waals surface area (Å²) in [4.78, 5) is 54.5. The van der Waals surface area contributed by atoms with E-state index in [-0.39, 0.29) is 36.1 Å². The van der Waals surface area contributed by atoms with Crippen LogP contribution >= 0.6 is 0 Å². The lowest BCUT2D eigenvalue weighted by Gasteiger charge is -2.34. The molecule has 1 saturated carbocycles. The lowest BCUT2D eigenvalue weighted by atomic mass is 10.0. The van der Waals surface area contributed by atoms with E-state index in [4.69, 9.17) is 18.9 Å². The third-order valence-corrected chi connectivity index (χ3v) is 12.2. The molecule has 4 fully saturated rings. The minimum Gasteiger partial charge on any atom is -0.446 e. The van der Waals surface area contributed by atoms with Gasteiger partial charge in [-0.3, -0.25) is 38.7 Å². The molecule has 4 aromatic rings. The van der Waals surface area contributed by atoms with Crippen molar-refractivity contribution in [2.45, 2.75) is 88.2 Å². The molecule has 2 unspecified atom stereocenters. The number of carbonyl (C=O) groups excluding carboxylic acids is 3. The number of piperazine rings is 1. The first-order chi connectivity index (χ1) is 28.6. The third kappa shape index (κ3) is 9.10. The van der Waals surface area contributed by atoms with Gasteiger partial charge in [0.25, 0.3) is 0 Å². The molecule has 8 rings (SSSR count). The number of imidazole rings is 1. The summed E-state index contributed by atoms with van der Waals surface area (Å²) < 4.78 is 27.9. The van der Waals surface area contributed by atoms with Crippen molar-refractivity contribution in [1.29, 1.82) is 0 Å². The number of aryl methyl sites for hydroxylation is 3. The second-order valence-corrected chi connectivity index (χ2v) is 16.3. The topological polar surface area (TPSA) is 195 Å². The number of piperidine rings is 1. The number of nitrogens with one attached hydrogen (secondary N) is 3. The summed E-state index contributed by atoms with van der Waals surface area (Å²) >= 11 is 0. The van der Waals surface area contributed by atoms with Crippen LogP contribution < -0.4 is 16.3 Å². The van der Waals surface area contributed by atoms with E-state index in [9.17, 15) is 19.2 Å². The molecule has 0 spiro atoms. The van der Waals surface area contributed by atoms with Crippen LogP contribution in [0.15, 0.2) is 35.1 Å². The molecular weight excluding hydrogens is 761 g/mol. The van der Waals surface area contributed by atoms with Crippen molar-refractivity contribution in [2.75, 3.05) is 65.0 Å². The van der Waals surface area contributed by atoms with Gasteiger partial charge in [-0.2, -0.15) is 10.2 Å². The van der Waals surface area contributed by atoms with Crippen molar-refractivity contribution >= 4 is 34.8 Å². The molecule has 18 heteroatoms. The number of anilines is 1. The van der Waals surface area contributed by atoms with E-state index < -0.39 is 17.7 Å². The van der Waals surface area contributed by atoms with Crippen LogP contribution in [0.2, 0.25) is 0 Å². The molecule has 1 aliphatic carbocycles. The highest BCUT2D eigenvalue weighted by atomic mass is 16.6. The highest BCUT2D eigenvalue weighted by molar-refractivity contribution is 6.00. The Hall–Kier alpha value is -5.04. The Morgan fingerprint density at radius 1 is 1.00 bits per heavy atom. The van der Waals surface area contributed by atoms with Gasteiger partial charge in [-0.15, -0.1) is 0 Å². The van der Waals surface area contributed by atoms with Gasteiger partial charge < -0.3 is 29.2 Å². The van der Waals surface area contributed by atoms with Crippen LogP contribution in [0, 0.1) is 0 Å². The summed E-state index contributed by atoms with van der Waals surface area (Å²) in [7, 11) is 5.25. The second kappa shape index (κ2) is 17.7. The van der Waals surface area contributed by atoms with Crippen molar-refractivity contribution in [3.05, 3.63) is 63.5 Å². The highest BCUT2D eigenvalue weighted by Crippen LogP contribution is 2.41. The average molecular weight is 817 g/mol. The number of hydrogen-bond acceptors (Lipinski definition) is 12. The lowest BCUT2D eigenvalue weighted by Crippen LogP contribution is -2.49. The molecule has 0 bridgehead atoms. The number of H-pyrrole nitrogens is 1. The minimum absolute atomic E-state index is 0.115. The number of nitrogens with zero attached hydrogens (tertiary/aromatic N) is 7. The number of aromatic amines is 1. The van der Waals surface area contributed by atoms with Gasteiger partial charge >= 0.3 is 11.8 Å². The van der Waals surface area contributed by atoms with Crippen LogP contribution in [0.25, 0.3) is 11.0 Å². The number of unbranched alkanes of at least 4 members (excludes halogenated alkanes) is 1. The number of carbonyl (C=O) groups is 3. The lowest BCUT2D eigenvalue weighted by molar-refractivity contribution is -0.135. The van der Waals surface area contributed by atoms with E-state index in [0.29, 0.717) is 57.3 Å². The number of benzene rings is 1. The van der Waals surface area contributed by atoms with Gasteiger partial charge in [0, 0.05) is 84.7 Å². The van der Waals surface area contributed by atoms with E-state index in [0.717, 1.165) is 92.7 Å². The Kier molecular flexibility index (Phi) is 12.2. The summed E-state index contributed by atoms with van der Waals surface area (Å²) in [5.74, 6) is 0.210. The fourth-order valence-corrected chi connectivity index (χ4v) is 8.81. The summed E-state index contributed by atoms with van der Waals surface area (Å²) in [6.45, 7) is 6.27. The average Bonchev–Trinajstić information content (AvgIpc) is 3.53. The normalized spacial score (nSPS) is 23.6. The first-order valence-corrected chi connectivity index (χ1v) is 20.9. The molecule has 4 aliphatic rings. The van der Waals surface area contributed by atoms with E-state index in [2.05, 4.69) is 30.8 Å². The zero-order valence-corrected chi connectivity index (χ0v) is 34.2. The molecule has 3 aromatic heterocycles. The quantitative estimate of drug-likeness (QED) is 0.0803. The molecule has 59 heavy (non-hydrogen) atoms. The first kappa shape index (κ1) is 40.7. The predicted molar refractivity (Wildman–Crippen MR) is 216 cm³/mol. The van der Waals surface area contributed by atoms with Crippen LogP contribution in [0.5, 0.6) is 0 Å². The van der Waals surface area contributed by atoms with Crippen LogP contribution in [0.4, 0.5) is 10.6 Å². The van der Waals surface area contributed by atoms with E-state index >= 15 is 0 Å². The smallest absolute Gasteiger partial charge is 0.410 e. The maximum absolute atomic E-state index is 13.1. The van der Waals surface area contributed by atoms with Crippen LogP contribution in [0.3, 0.4) is 0 Å². The van der Waals surface area contributed by atoms with E-state index in [1.54, 1.807) is 18.7 Å². The first-order valence-electron chi connectivity index (χ1n) is 20.9. The van der Waals surface area contributed by atoms with Crippen molar-refractivity contribution in [3.63, 3.8) is 0 Å². The standard InChI is InChI=1S/C41H56N10O8/c1-47-34-21-27(8-11-32(34)51(39(47)54)33-12-13-37(52)42-38(33)53)7-6-20-57-19-5-4-14-49-15-17-50(18-16-49)40(55)59-30-10-9-28(22-30)31-24-36(45-44-31)43-41(26-58-41)35-23-29(25-56-3)46-48(35)2/h8,11,21,23-24,28,30,33H,4-7,9-10,12-20,22,25-26H2,1-3H3,(H,42,52,53)(H2,43,44,45)/t28-,30+,33?,41?/m0/s1. The number of rotatable bonds is 17. The van der Waals surface area contributed by atoms with Gasteiger partial charge in [0.1, 0.15) is 18.8 Å². The molecule has 3 N–H and O–H groups in total. The van der Waals surface area contributed by atoms with Crippen LogP contribution in [0.1, 0.15) is 86.0 Å². The molecule has 318 valence electrons. The Bertz CT molecular complexity index is 2200. The molecule has 6 heterocycles. The summed E-state index contributed by atoms with van der Waals surface area (Å²) in [6, 6.07) is 9.22. The summed E-state index contributed by atoms with van der Waals surface area (Å²) in [6.07, 6.45) is 6.37. The zero-order valence-electron chi connectivity index (χ0n) is 34.2. The molecule has 3 aliphatic heterocycles. The molecule has 0 radical (unpaired) electrons. The summed E-state index contributed by atoms with van der Waals surface area (Å²) in [5, 5.41) is 18.0. The predicted octanol–water partition coefficient (Wildman–Crippen LogP) is 3.04. The zero-order chi connectivity index (χ0) is 41.1. The molecule has 1 aromatic carbocycles. The second-order valence-electron chi connectivity index (χ2n) is 16.3. The van der Waals surface area contributed by atoms with Crippen molar-refractivity contribution in [1.82, 2.24) is 44.2 Å². The van der Waals surface area contributed by atoms with Crippen molar-refractivity contribution < 1.29 is 33.3 Å². The van der Waals surface area contributed by atoms with E-state index in [1.807, 2.05) is 47.0 Å². The number of methoxy groups -OCH3 is 1. The SMILES string of the molecule is COCc1cc(C2(Nc3cc([C@H]4CC[C@@H](OC(=O)N5CCN(CCCCOCCCc6ccc7c(c6)n(C)c(=O)n7C6CCC(=O)NC6=O)CC5)C4)[nH]n3)CO2)n(C)n1.